The summed E-state index contributed by atoms with van der Waals surface area (Å²) in [6.45, 7) is -0.813. The minimum atomic E-state index is -5.78. The molecule has 1 fully saturated rings. The quantitative estimate of drug-likeness (QED) is 0.0209. The average molecular weight is 956 g/mol. The van der Waals surface area contributed by atoms with E-state index in [-0.39, 0.29) is 55.4 Å². The highest BCUT2D eigenvalue weighted by molar-refractivity contribution is 8.76. The Kier molecular flexibility index (Phi) is 21.9. The van der Waals surface area contributed by atoms with Crippen LogP contribution in [-0.2, 0) is 55.5 Å². The van der Waals surface area contributed by atoms with Crippen molar-refractivity contribution in [1.82, 2.24) is 25.5 Å². The maximum absolute atomic E-state index is 12.5. The summed E-state index contributed by atoms with van der Waals surface area (Å²) in [4.78, 5) is 110. The number of carbonyl (C=O) groups excluding carboxylic acids is 3. The van der Waals surface area contributed by atoms with Crippen LogP contribution in [0.15, 0.2) is 11.0 Å². The van der Waals surface area contributed by atoms with Crippen molar-refractivity contribution in [3.8, 4) is 11.8 Å². The highest BCUT2D eigenvalue weighted by atomic mass is 33.1. The van der Waals surface area contributed by atoms with Gasteiger partial charge in [-0.1, -0.05) is 39.8 Å². The summed E-state index contributed by atoms with van der Waals surface area (Å²) in [5.41, 5.74) is 10.8. The van der Waals surface area contributed by atoms with Crippen LogP contribution in [0.5, 0.6) is 0 Å². The molecular formula is C28H44N7O20P3S2. The molecule has 1 aromatic heterocycles. The van der Waals surface area contributed by atoms with Crippen LogP contribution >= 0.6 is 45.1 Å². The summed E-state index contributed by atoms with van der Waals surface area (Å²) >= 11 is 0. The van der Waals surface area contributed by atoms with E-state index in [1.165, 1.54) is 21.6 Å². The number of aliphatic carboxylic acids is 2. The molecule has 0 spiro atoms. The van der Waals surface area contributed by atoms with Crippen LogP contribution in [-0.4, -0.2) is 130 Å². The van der Waals surface area contributed by atoms with E-state index in [1.54, 1.807) is 0 Å². The van der Waals surface area contributed by atoms with Gasteiger partial charge in [-0.05, 0) is 12.8 Å². The van der Waals surface area contributed by atoms with E-state index in [1.807, 2.05) is 0 Å². The van der Waals surface area contributed by atoms with Gasteiger partial charge < -0.3 is 67.0 Å². The standard InChI is InChI=1S/C28H44N7O20P3S2/c29-17(26(41)32-8-3-1-2-6-22(38)33-18(27(42)43)11-24(39)40)15-60-59-10-7-21(37)31-9-4-5-16-13-35(28(44)34-25(16)30)23-12-19(36)20(53-23)14-52-57(48,49)55-58(50,51)54-56(45,46)47/h13,17-20,23,36H,1-3,6-12,14-15,29H2,(H,31,37)(H,32,41)(H,33,38)(H,39,40)(H,42,43)(H,48,49)(H,50,51)(H2,30,34,44)(H2,45,46,47). The number of nitrogens with one attached hydrogen (secondary N) is 3. The fraction of sp³-hybridized carbons (Fsp3) is 0.607. The molecule has 0 radical (unpaired) electrons. The van der Waals surface area contributed by atoms with Gasteiger partial charge >= 0.3 is 41.1 Å². The predicted octanol–water partition coefficient (Wildman–Crippen LogP) is -1.90. The third-order valence-electron chi connectivity index (χ3n) is 7.38. The minimum absolute atomic E-state index is 0.0108. The Morgan fingerprint density at radius 3 is 2.35 bits per heavy atom. The fourth-order valence-electron chi connectivity index (χ4n) is 4.62. The number of anilines is 1. The highest BCUT2D eigenvalue weighted by Crippen LogP contribution is 2.66. The predicted molar refractivity (Wildman–Crippen MR) is 208 cm³/mol. The molecule has 7 atom stereocenters. The first-order valence-electron chi connectivity index (χ1n) is 17.2. The molecule has 1 aromatic rings. The largest absolute Gasteiger partial charge is 0.490 e. The van der Waals surface area contributed by atoms with E-state index in [9.17, 15) is 57.4 Å². The van der Waals surface area contributed by atoms with E-state index in [0.29, 0.717) is 25.0 Å². The summed E-state index contributed by atoms with van der Waals surface area (Å²) in [6.07, 6.45) is -2.46. The SMILES string of the molecule is Nc1nc(=O)n(C2CC(O)C(COP(=O)(O)OP(=O)(O)OP(=O)(O)O)O2)cc1C#CCNC(=O)CCSSCC(N)C(=O)NCCCCCC(=O)NC(CC(=O)O)C(=O)O. The zero-order chi connectivity index (χ0) is 45.3. The van der Waals surface area contributed by atoms with Crippen molar-refractivity contribution in [3.05, 3.63) is 22.2 Å². The van der Waals surface area contributed by atoms with E-state index < -0.39 is 96.5 Å². The first-order chi connectivity index (χ1) is 27.9. The number of phosphoric ester groups is 1. The van der Waals surface area contributed by atoms with Crippen LogP contribution in [0, 0.1) is 11.8 Å². The number of phosphoric acid groups is 3. The first kappa shape index (κ1) is 52.7. The lowest BCUT2D eigenvalue weighted by Crippen LogP contribution is -2.42. The fourth-order valence-corrected chi connectivity index (χ4v) is 9.77. The van der Waals surface area contributed by atoms with Crippen molar-refractivity contribution >= 4 is 80.5 Å². The number of aromatic nitrogens is 2. The molecule has 27 nitrogen and oxygen atoms in total. The first-order valence-corrected chi connectivity index (χ1v) is 24.2. The zero-order valence-electron chi connectivity index (χ0n) is 31.1. The van der Waals surface area contributed by atoms with Crippen LogP contribution in [0.3, 0.4) is 0 Å². The molecule has 60 heavy (non-hydrogen) atoms. The number of amides is 3. The molecule has 338 valence electrons. The summed E-state index contributed by atoms with van der Waals surface area (Å²) in [7, 11) is -14.3. The summed E-state index contributed by atoms with van der Waals surface area (Å²) < 4.78 is 52.4. The molecule has 0 bridgehead atoms. The van der Waals surface area contributed by atoms with Gasteiger partial charge in [0.05, 0.1) is 37.3 Å². The van der Waals surface area contributed by atoms with Gasteiger partial charge in [-0.2, -0.15) is 13.6 Å². The Morgan fingerprint density at radius 1 is 1.00 bits per heavy atom. The van der Waals surface area contributed by atoms with Crippen LogP contribution < -0.4 is 33.1 Å². The third-order valence-corrected chi connectivity index (χ3v) is 13.6. The number of aliphatic hydroxyl groups excluding tert-OH is 1. The number of unbranched alkanes of at least 4 members (excludes halogenated alkanes) is 2. The maximum Gasteiger partial charge on any atom is 0.490 e. The van der Waals surface area contributed by atoms with E-state index in [4.69, 9.17) is 36.2 Å². The third kappa shape index (κ3) is 20.9. The van der Waals surface area contributed by atoms with Gasteiger partial charge in [-0.3, -0.25) is 28.3 Å². The van der Waals surface area contributed by atoms with Gasteiger partial charge in [-0.15, -0.1) is 0 Å². The number of hydrogen-bond acceptors (Lipinski definition) is 19. The molecule has 1 aliphatic rings. The smallest absolute Gasteiger partial charge is 0.481 e. The topological polar surface area (TPSA) is 438 Å². The number of nitrogens with two attached hydrogens (primary N) is 2. The number of carboxylic acids is 2. The van der Waals surface area contributed by atoms with Gasteiger partial charge in [0.2, 0.25) is 17.7 Å². The second-order valence-electron chi connectivity index (χ2n) is 12.2. The molecule has 32 heteroatoms. The van der Waals surface area contributed by atoms with E-state index >= 15 is 0 Å². The average Bonchev–Trinajstić information content (AvgIpc) is 3.48. The maximum atomic E-state index is 12.5. The number of nitrogens with zero attached hydrogens (tertiary/aromatic N) is 2. The number of rotatable bonds is 26. The number of aliphatic hydroxyl groups is 1. The number of carbonyl (C=O) groups is 5. The number of nitrogen functional groups attached to an aromatic ring is 1. The molecule has 0 saturated carbocycles. The monoisotopic (exact) mass is 955 g/mol. The molecule has 3 amide bonds. The van der Waals surface area contributed by atoms with Gasteiger partial charge in [0.15, 0.2) is 0 Å². The molecule has 1 aliphatic heterocycles. The second kappa shape index (κ2) is 24.9. The Balaban J connectivity index is 1.69. The van der Waals surface area contributed by atoms with Gasteiger partial charge in [-0.25, -0.2) is 23.3 Å². The molecular weight excluding hydrogens is 911 g/mol. The molecule has 0 aliphatic carbocycles. The Morgan fingerprint density at radius 2 is 1.70 bits per heavy atom. The van der Waals surface area contributed by atoms with Gasteiger partial charge in [0.25, 0.3) is 0 Å². The van der Waals surface area contributed by atoms with E-state index in [0.717, 1.165) is 10.8 Å². The van der Waals surface area contributed by atoms with Crippen LogP contribution in [0.25, 0.3) is 0 Å². The van der Waals surface area contributed by atoms with E-state index in [2.05, 4.69) is 45.9 Å². The zero-order valence-corrected chi connectivity index (χ0v) is 35.4. The number of hydrogen-bond donors (Lipinski definition) is 12. The summed E-state index contributed by atoms with van der Waals surface area (Å²) in [5.74, 6) is 1.47. The summed E-state index contributed by atoms with van der Waals surface area (Å²) in [5, 5.41) is 35.5. The normalized spacial score (nSPS) is 19.4. The molecule has 14 N–H and O–H groups in total. The summed E-state index contributed by atoms with van der Waals surface area (Å²) in [6, 6.07) is -2.35. The van der Waals surface area contributed by atoms with Crippen molar-refractivity contribution in [2.75, 3.05) is 36.9 Å². The Hall–Kier alpha value is -3.42. The lowest BCUT2D eigenvalue weighted by atomic mass is 10.1. The number of carboxylic acid groups (broad SMARTS) is 2. The Bertz CT molecular complexity index is 1960. The van der Waals surface area contributed by atoms with Crippen molar-refractivity contribution < 1.29 is 90.4 Å². The second-order valence-corrected chi connectivity index (χ2v) is 19.3. The Labute approximate surface area is 347 Å². The van der Waals surface area contributed by atoms with Crippen LogP contribution in [0.1, 0.15) is 56.7 Å². The lowest BCUT2D eigenvalue weighted by Gasteiger charge is -2.19. The van der Waals surface area contributed by atoms with Crippen molar-refractivity contribution in [2.24, 2.45) is 5.73 Å². The molecule has 2 rings (SSSR count). The van der Waals surface area contributed by atoms with Crippen LogP contribution in [0.4, 0.5) is 5.82 Å². The van der Waals surface area contributed by atoms with Gasteiger partial charge in [0.1, 0.15) is 24.2 Å². The highest BCUT2D eigenvalue weighted by Gasteiger charge is 2.43. The lowest BCUT2D eigenvalue weighted by molar-refractivity contribution is -0.147. The molecule has 1 saturated heterocycles. The van der Waals surface area contributed by atoms with Crippen molar-refractivity contribution in [1.29, 1.82) is 0 Å². The van der Waals surface area contributed by atoms with Crippen molar-refractivity contribution in [2.45, 2.75) is 75.5 Å². The number of ether oxygens (including phenoxy) is 1. The minimum Gasteiger partial charge on any atom is -0.481 e. The molecule has 7 unspecified atom stereocenters. The molecule has 2 heterocycles. The van der Waals surface area contributed by atoms with Crippen LogP contribution in [0.2, 0.25) is 0 Å². The molecule has 0 aromatic carbocycles. The van der Waals surface area contributed by atoms with Crippen molar-refractivity contribution in [3.63, 3.8) is 0 Å². The van der Waals surface area contributed by atoms with Gasteiger partial charge in [0, 0.05) is 43.5 Å².